The molecule has 86 valence electrons. The minimum atomic E-state index is -0.661. The van der Waals surface area contributed by atoms with Gasteiger partial charge in [-0.05, 0) is 24.7 Å². The van der Waals surface area contributed by atoms with Gasteiger partial charge in [-0.3, -0.25) is 4.79 Å². The number of ether oxygens (including phenoxy) is 1. The van der Waals surface area contributed by atoms with Crippen molar-refractivity contribution in [1.29, 1.82) is 0 Å². The van der Waals surface area contributed by atoms with Gasteiger partial charge in [0.2, 0.25) is 0 Å². The Kier molecular flexibility index (Phi) is 3.59. The SMILES string of the molecule is O=C(O)CC1CN(CC2CCOCC2)C1. The van der Waals surface area contributed by atoms with Crippen LogP contribution in [0.3, 0.4) is 0 Å². The van der Waals surface area contributed by atoms with Gasteiger partial charge in [0, 0.05) is 32.8 Å². The fourth-order valence-corrected chi connectivity index (χ4v) is 2.50. The predicted octanol–water partition coefficient (Wildman–Crippen LogP) is 0.819. The lowest BCUT2D eigenvalue weighted by Crippen LogP contribution is -2.49. The van der Waals surface area contributed by atoms with E-state index in [0.717, 1.165) is 38.8 Å². The normalized spacial score (nSPS) is 25.1. The van der Waals surface area contributed by atoms with Crippen molar-refractivity contribution in [3.05, 3.63) is 0 Å². The molecule has 2 heterocycles. The van der Waals surface area contributed by atoms with Gasteiger partial charge in [0.25, 0.3) is 0 Å². The first-order chi connectivity index (χ1) is 7.24. The number of nitrogens with zero attached hydrogens (tertiary/aromatic N) is 1. The molecule has 2 aliphatic heterocycles. The molecular weight excluding hydrogens is 194 g/mol. The van der Waals surface area contributed by atoms with Gasteiger partial charge in [0.1, 0.15) is 0 Å². The Bertz CT molecular complexity index is 220. The lowest BCUT2D eigenvalue weighted by Gasteiger charge is -2.41. The van der Waals surface area contributed by atoms with Crippen molar-refractivity contribution in [2.45, 2.75) is 19.3 Å². The summed E-state index contributed by atoms with van der Waals surface area (Å²) >= 11 is 0. The second-order valence-electron chi connectivity index (χ2n) is 4.74. The maximum Gasteiger partial charge on any atom is 0.303 e. The number of likely N-dealkylation sites (tertiary alicyclic amines) is 1. The van der Waals surface area contributed by atoms with Gasteiger partial charge in [-0.2, -0.15) is 0 Å². The molecule has 2 rings (SSSR count). The van der Waals surface area contributed by atoms with Crippen LogP contribution in [0.1, 0.15) is 19.3 Å². The van der Waals surface area contributed by atoms with E-state index in [9.17, 15) is 4.79 Å². The molecule has 15 heavy (non-hydrogen) atoms. The average molecular weight is 213 g/mol. The van der Waals surface area contributed by atoms with Gasteiger partial charge in [0.05, 0.1) is 6.42 Å². The highest BCUT2D eigenvalue weighted by Crippen LogP contribution is 2.23. The fraction of sp³-hybridized carbons (Fsp3) is 0.909. The van der Waals surface area contributed by atoms with E-state index in [1.54, 1.807) is 0 Å². The van der Waals surface area contributed by atoms with E-state index in [4.69, 9.17) is 9.84 Å². The molecule has 0 aromatic heterocycles. The fourth-order valence-electron chi connectivity index (χ4n) is 2.50. The minimum absolute atomic E-state index is 0.338. The van der Waals surface area contributed by atoms with Crippen LogP contribution in [0.5, 0.6) is 0 Å². The molecule has 4 heteroatoms. The van der Waals surface area contributed by atoms with E-state index in [-0.39, 0.29) is 0 Å². The zero-order valence-corrected chi connectivity index (χ0v) is 9.02. The zero-order chi connectivity index (χ0) is 10.7. The van der Waals surface area contributed by atoms with Crippen LogP contribution in [0.25, 0.3) is 0 Å². The second-order valence-corrected chi connectivity index (χ2v) is 4.74. The minimum Gasteiger partial charge on any atom is -0.481 e. The Morgan fingerprint density at radius 3 is 2.53 bits per heavy atom. The van der Waals surface area contributed by atoms with Crippen LogP contribution >= 0.6 is 0 Å². The van der Waals surface area contributed by atoms with Crippen LogP contribution < -0.4 is 0 Å². The third-order valence-electron chi connectivity index (χ3n) is 3.35. The molecule has 0 spiro atoms. The van der Waals surface area contributed by atoms with Crippen LogP contribution in [0.2, 0.25) is 0 Å². The van der Waals surface area contributed by atoms with Crippen molar-refractivity contribution in [1.82, 2.24) is 4.90 Å². The van der Waals surface area contributed by atoms with Crippen LogP contribution in [0.15, 0.2) is 0 Å². The first-order valence-corrected chi connectivity index (χ1v) is 5.76. The Hall–Kier alpha value is -0.610. The average Bonchev–Trinajstić information content (AvgIpc) is 2.15. The molecule has 0 amide bonds. The molecule has 0 aromatic rings. The number of rotatable bonds is 4. The highest BCUT2D eigenvalue weighted by atomic mass is 16.5. The first-order valence-electron chi connectivity index (χ1n) is 5.76. The Balaban J connectivity index is 1.60. The molecular formula is C11H19NO3. The number of carbonyl (C=O) groups is 1. The van der Waals surface area contributed by atoms with Gasteiger partial charge >= 0.3 is 5.97 Å². The van der Waals surface area contributed by atoms with Crippen molar-refractivity contribution in [3.8, 4) is 0 Å². The van der Waals surface area contributed by atoms with E-state index in [2.05, 4.69) is 4.90 Å². The smallest absolute Gasteiger partial charge is 0.303 e. The van der Waals surface area contributed by atoms with Gasteiger partial charge in [0.15, 0.2) is 0 Å². The van der Waals surface area contributed by atoms with Gasteiger partial charge in [-0.25, -0.2) is 0 Å². The summed E-state index contributed by atoms with van der Waals surface area (Å²) in [5, 5.41) is 8.62. The van der Waals surface area contributed by atoms with Gasteiger partial charge in [-0.15, -0.1) is 0 Å². The number of hydrogen-bond donors (Lipinski definition) is 1. The molecule has 0 atom stereocenters. The monoisotopic (exact) mass is 213 g/mol. The number of carboxylic acids is 1. The van der Waals surface area contributed by atoms with Crippen molar-refractivity contribution in [2.75, 3.05) is 32.8 Å². The summed E-state index contributed by atoms with van der Waals surface area (Å²) in [6, 6.07) is 0. The summed E-state index contributed by atoms with van der Waals surface area (Å²) in [6.45, 7) is 4.89. The van der Waals surface area contributed by atoms with E-state index in [1.165, 1.54) is 12.8 Å². The number of hydrogen-bond acceptors (Lipinski definition) is 3. The molecule has 0 unspecified atom stereocenters. The summed E-state index contributed by atoms with van der Waals surface area (Å²) in [6.07, 6.45) is 2.67. The molecule has 2 fully saturated rings. The number of carboxylic acid groups (broad SMARTS) is 1. The highest BCUT2D eigenvalue weighted by Gasteiger charge is 2.30. The maximum atomic E-state index is 10.5. The molecule has 0 radical (unpaired) electrons. The molecule has 0 aromatic carbocycles. The topological polar surface area (TPSA) is 49.8 Å². The van der Waals surface area contributed by atoms with Crippen molar-refractivity contribution >= 4 is 5.97 Å². The molecule has 2 aliphatic rings. The molecule has 0 saturated carbocycles. The Labute approximate surface area is 90.2 Å². The van der Waals surface area contributed by atoms with Gasteiger partial charge < -0.3 is 14.7 Å². The Morgan fingerprint density at radius 1 is 1.27 bits per heavy atom. The molecule has 0 aliphatic carbocycles. The van der Waals surface area contributed by atoms with Gasteiger partial charge in [-0.1, -0.05) is 0 Å². The van der Waals surface area contributed by atoms with E-state index in [1.807, 2.05) is 0 Å². The quantitative estimate of drug-likeness (QED) is 0.751. The van der Waals surface area contributed by atoms with E-state index in [0.29, 0.717) is 12.3 Å². The summed E-state index contributed by atoms with van der Waals surface area (Å²) in [5.74, 6) is 0.498. The molecule has 4 nitrogen and oxygen atoms in total. The summed E-state index contributed by atoms with van der Waals surface area (Å²) in [5.41, 5.74) is 0. The van der Waals surface area contributed by atoms with Crippen LogP contribution in [0, 0.1) is 11.8 Å². The largest absolute Gasteiger partial charge is 0.481 e. The second kappa shape index (κ2) is 4.94. The molecule has 1 N–H and O–H groups in total. The third-order valence-corrected chi connectivity index (χ3v) is 3.35. The van der Waals surface area contributed by atoms with Crippen LogP contribution in [-0.4, -0.2) is 48.8 Å². The Morgan fingerprint density at radius 2 is 1.93 bits per heavy atom. The van der Waals surface area contributed by atoms with Crippen LogP contribution in [0.4, 0.5) is 0 Å². The van der Waals surface area contributed by atoms with Crippen molar-refractivity contribution in [2.24, 2.45) is 11.8 Å². The molecule has 0 bridgehead atoms. The van der Waals surface area contributed by atoms with Crippen molar-refractivity contribution < 1.29 is 14.6 Å². The maximum absolute atomic E-state index is 10.5. The highest BCUT2D eigenvalue weighted by molar-refractivity contribution is 5.67. The lowest BCUT2D eigenvalue weighted by atomic mass is 9.92. The van der Waals surface area contributed by atoms with E-state index < -0.39 is 5.97 Å². The van der Waals surface area contributed by atoms with E-state index >= 15 is 0 Å². The molecule has 2 saturated heterocycles. The zero-order valence-electron chi connectivity index (χ0n) is 9.02. The summed E-state index contributed by atoms with van der Waals surface area (Å²) in [7, 11) is 0. The van der Waals surface area contributed by atoms with Crippen molar-refractivity contribution in [3.63, 3.8) is 0 Å². The third kappa shape index (κ3) is 3.18. The standard InChI is InChI=1S/C11H19NO3/c13-11(14)5-10-7-12(8-10)6-9-1-3-15-4-2-9/h9-10H,1-8H2,(H,13,14). The summed E-state index contributed by atoms with van der Waals surface area (Å²) in [4.78, 5) is 12.8. The number of aliphatic carboxylic acids is 1. The predicted molar refractivity (Wildman–Crippen MR) is 55.7 cm³/mol. The summed E-state index contributed by atoms with van der Waals surface area (Å²) < 4.78 is 5.31. The van der Waals surface area contributed by atoms with Crippen LogP contribution in [-0.2, 0) is 9.53 Å². The first kappa shape index (κ1) is 10.9. The lowest BCUT2D eigenvalue weighted by molar-refractivity contribution is -0.139.